The topological polar surface area (TPSA) is 88.6 Å². The molecule has 7 heteroatoms. The van der Waals surface area contributed by atoms with Crippen LogP contribution in [0.5, 0.6) is 11.5 Å². The molecule has 2 aromatic rings. The van der Waals surface area contributed by atoms with Gasteiger partial charge in [0.25, 0.3) is 5.56 Å². The zero-order chi connectivity index (χ0) is 18.1. The highest BCUT2D eigenvalue weighted by molar-refractivity contribution is 5.81. The average molecular weight is 344 g/mol. The molecule has 0 saturated heterocycles. The Hall–Kier alpha value is -2.83. The van der Waals surface area contributed by atoms with Gasteiger partial charge in [-0.3, -0.25) is 9.78 Å². The largest absolute Gasteiger partial charge is 0.490 e. The van der Waals surface area contributed by atoms with Gasteiger partial charge in [-0.2, -0.15) is 5.10 Å². The fraction of sp³-hybridized carbons (Fsp3) is 0.389. The molecule has 0 aliphatic rings. The number of aromatic amines is 1. The molecule has 0 saturated carbocycles. The van der Waals surface area contributed by atoms with Crippen LogP contribution >= 0.6 is 0 Å². The Labute approximate surface area is 147 Å². The van der Waals surface area contributed by atoms with Crippen molar-refractivity contribution in [2.75, 3.05) is 18.6 Å². The van der Waals surface area contributed by atoms with Crippen LogP contribution in [0.15, 0.2) is 34.2 Å². The molecule has 0 fully saturated rings. The molecule has 1 aromatic carbocycles. The molecule has 0 radical (unpaired) electrons. The zero-order valence-electron chi connectivity index (χ0n) is 14.8. The number of hydrazone groups is 1. The molecule has 25 heavy (non-hydrogen) atoms. The first-order chi connectivity index (χ1) is 12.2. The van der Waals surface area contributed by atoms with Crippen LogP contribution < -0.4 is 20.5 Å². The molecule has 2 N–H and O–H groups in total. The second-order valence-electron chi connectivity index (χ2n) is 5.28. The van der Waals surface area contributed by atoms with Crippen LogP contribution in [0.25, 0.3) is 0 Å². The summed E-state index contributed by atoms with van der Waals surface area (Å²) < 4.78 is 11.1. The van der Waals surface area contributed by atoms with Crippen molar-refractivity contribution in [1.29, 1.82) is 0 Å². The number of benzene rings is 1. The van der Waals surface area contributed by atoms with Crippen molar-refractivity contribution >= 4 is 12.2 Å². The Morgan fingerprint density at radius 1 is 1.16 bits per heavy atom. The Morgan fingerprint density at radius 2 is 1.92 bits per heavy atom. The van der Waals surface area contributed by atoms with E-state index in [0.717, 1.165) is 24.1 Å². The average Bonchev–Trinajstić information content (AvgIpc) is 2.57. The lowest BCUT2D eigenvalue weighted by Crippen LogP contribution is -2.12. The van der Waals surface area contributed by atoms with E-state index in [4.69, 9.17) is 9.47 Å². The van der Waals surface area contributed by atoms with E-state index < -0.39 is 0 Å². The molecular formula is C18H24N4O3. The van der Waals surface area contributed by atoms with Crippen molar-refractivity contribution < 1.29 is 9.47 Å². The third kappa shape index (κ3) is 5.63. The first-order valence-electron chi connectivity index (χ1n) is 8.45. The maximum atomic E-state index is 11.6. The summed E-state index contributed by atoms with van der Waals surface area (Å²) in [6, 6.07) is 7.07. The van der Waals surface area contributed by atoms with Gasteiger partial charge in [-0.25, -0.2) is 10.4 Å². The molecule has 0 atom stereocenters. The monoisotopic (exact) mass is 344 g/mol. The highest BCUT2D eigenvalue weighted by Crippen LogP contribution is 2.27. The minimum absolute atomic E-state index is 0.198. The third-order valence-corrected chi connectivity index (χ3v) is 3.25. The molecule has 7 nitrogen and oxygen atoms in total. The van der Waals surface area contributed by atoms with E-state index >= 15 is 0 Å². The molecule has 0 spiro atoms. The van der Waals surface area contributed by atoms with Crippen LogP contribution in [-0.2, 0) is 6.42 Å². The Balaban J connectivity index is 2.11. The summed E-state index contributed by atoms with van der Waals surface area (Å²) in [7, 11) is 0. The van der Waals surface area contributed by atoms with Crippen molar-refractivity contribution in [3.05, 3.63) is 45.9 Å². The Kier molecular flexibility index (Phi) is 7.00. The van der Waals surface area contributed by atoms with E-state index in [-0.39, 0.29) is 5.56 Å². The summed E-state index contributed by atoms with van der Waals surface area (Å²) in [4.78, 5) is 18.5. The van der Waals surface area contributed by atoms with Crippen molar-refractivity contribution in [3.63, 3.8) is 0 Å². The number of hydrogen-bond donors (Lipinski definition) is 2. The van der Waals surface area contributed by atoms with Gasteiger partial charge >= 0.3 is 0 Å². The highest BCUT2D eigenvalue weighted by atomic mass is 16.5. The normalized spacial score (nSPS) is 10.8. The third-order valence-electron chi connectivity index (χ3n) is 3.25. The lowest BCUT2D eigenvalue weighted by atomic mass is 10.2. The van der Waals surface area contributed by atoms with Gasteiger partial charge in [0.05, 0.1) is 19.4 Å². The summed E-state index contributed by atoms with van der Waals surface area (Å²) >= 11 is 0. The lowest BCUT2D eigenvalue weighted by Gasteiger charge is -2.11. The summed E-state index contributed by atoms with van der Waals surface area (Å²) in [5.74, 6) is 1.70. The number of aromatic nitrogens is 2. The van der Waals surface area contributed by atoms with Crippen molar-refractivity contribution in [3.8, 4) is 11.5 Å². The minimum Gasteiger partial charge on any atom is -0.490 e. The van der Waals surface area contributed by atoms with E-state index in [9.17, 15) is 4.79 Å². The first kappa shape index (κ1) is 18.5. The predicted octanol–water partition coefficient (Wildman–Crippen LogP) is 2.97. The van der Waals surface area contributed by atoms with Crippen LogP contribution in [0.3, 0.4) is 0 Å². The number of aryl methyl sites for hydroxylation is 1. The van der Waals surface area contributed by atoms with E-state index in [1.807, 2.05) is 39.0 Å². The molecule has 1 aromatic heterocycles. The van der Waals surface area contributed by atoms with Gasteiger partial charge in [-0.15, -0.1) is 0 Å². The zero-order valence-corrected chi connectivity index (χ0v) is 14.8. The quantitative estimate of drug-likeness (QED) is 0.539. The van der Waals surface area contributed by atoms with Crippen LogP contribution in [0, 0.1) is 0 Å². The molecule has 0 bridgehead atoms. The maximum absolute atomic E-state index is 11.6. The Morgan fingerprint density at radius 3 is 2.64 bits per heavy atom. The molecule has 0 aliphatic carbocycles. The number of ether oxygens (including phenoxy) is 2. The number of hydrogen-bond acceptors (Lipinski definition) is 6. The molecule has 0 amide bonds. The summed E-state index contributed by atoms with van der Waals surface area (Å²) in [6.45, 7) is 7.01. The second kappa shape index (κ2) is 9.46. The number of rotatable bonds is 9. The number of anilines is 1. The van der Waals surface area contributed by atoms with E-state index in [0.29, 0.717) is 30.7 Å². The van der Waals surface area contributed by atoms with Gasteiger partial charge < -0.3 is 9.47 Å². The van der Waals surface area contributed by atoms with E-state index in [2.05, 4.69) is 20.5 Å². The van der Waals surface area contributed by atoms with E-state index in [1.54, 1.807) is 6.21 Å². The van der Waals surface area contributed by atoms with Crippen LogP contribution in [0.4, 0.5) is 5.95 Å². The SMILES string of the molecule is CCCc1cc(=O)[nH]c(N/N=C/c2ccc(OCC)c(OCC)c2)n1. The van der Waals surface area contributed by atoms with Gasteiger partial charge in [0.15, 0.2) is 11.5 Å². The molecule has 0 unspecified atom stereocenters. The number of nitrogens with zero attached hydrogens (tertiary/aromatic N) is 2. The van der Waals surface area contributed by atoms with Gasteiger partial charge in [-0.1, -0.05) is 13.3 Å². The minimum atomic E-state index is -0.198. The van der Waals surface area contributed by atoms with Gasteiger partial charge in [0.2, 0.25) is 5.95 Å². The summed E-state index contributed by atoms with van der Waals surface area (Å²) in [6.07, 6.45) is 3.30. The smallest absolute Gasteiger partial charge is 0.252 e. The van der Waals surface area contributed by atoms with Crippen molar-refractivity contribution in [2.45, 2.75) is 33.6 Å². The molecule has 0 aliphatic heterocycles. The summed E-state index contributed by atoms with van der Waals surface area (Å²) in [5, 5.41) is 4.13. The maximum Gasteiger partial charge on any atom is 0.252 e. The van der Waals surface area contributed by atoms with Gasteiger partial charge in [0, 0.05) is 11.8 Å². The van der Waals surface area contributed by atoms with Crippen molar-refractivity contribution in [1.82, 2.24) is 9.97 Å². The van der Waals surface area contributed by atoms with Crippen LogP contribution in [0.2, 0.25) is 0 Å². The van der Waals surface area contributed by atoms with Crippen molar-refractivity contribution in [2.24, 2.45) is 5.10 Å². The van der Waals surface area contributed by atoms with Crippen LogP contribution in [-0.4, -0.2) is 29.4 Å². The highest BCUT2D eigenvalue weighted by Gasteiger charge is 2.05. The second-order valence-corrected chi connectivity index (χ2v) is 5.28. The van der Waals surface area contributed by atoms with E-state index in [1.165, 1.54) is 6.07 Å². The van der Waals surface area contributed by atoms with Gasteiger partial charge in [-0.05, 0) is 44.0 Å². The Bertz CT molecular complexity index is 771. The van der Waals surface area contributed by atoms with Gasteiger partial charge in [0.1, 0.15) is 0 Å². The molecule has 1 heterocycles. The summed E-state index contributed by atoms with van der Waals surface area (Å²) in [5.41, 5.74) is 4.14. The standard InChI is InChI=1S/C18H24N4O3/c1-4-7-14-11-17(23)21-18(20-14)22-19-12-13-8-9-15(24-5-2)16(10-13)25-6-3/h8-12H,4-7H2,1-3H3,(H2,20,21,22,23)/b19-12+. The molecular weight excluding hydrogens is 320 g/mol. The first-order valence-corrected chi connectivity index (χ1v) is 8.45. The molecule has 134 valence electrons. The number of nitrogens with one attached hydrogen (secondary N) is 2. The molecule has 2 rings (SSSR count). The lowest BCUT2D eigenvalue weighted by molar-refractivity contribution is 0.288. The van der Waals surface area contributed by atoms with Crippen LogP contribution in [0.1, 0.15) is 38.4 Å². The predicted molar refractivity (Wildman–Crippen MR) is 98.8 cm³/mol. The number of H-pyrrole nitrogens is 1. The fourth-order valence-electron chi connectivity index (χ4n) is 2.26. The fourth-order valence-corrected chi connectivity index (χ4v) is 2.26.